The molecule has 33 heavy (non-hydrogen) atoms. The quantitative estimate of drug-likeness (QED) is 0.210. The zero-order valence-corrected chi connectivity index (χ0v) is 18.9. The zero-order chi connectivity index (χ0) is 24.7. The number of aliphatic hydroxyl groups excluding tert-OH is 1. The number of nitrogens with two attached hydrogens (primary N) is 1. The van der Waals surface area contributed by atoms with Gasteiger partial charge in [-0.1, -0.05) is 12.2 Å². The largest absolute Gasteiger partial charge is 0.490 e. The van der Waals surface area contributed by atoms with Crippen molar-refractivity contribution in [3.63, 3.8) is 0 Å². The van der Waals surface area contributed by atoms with Crippen molar-refractivity contribution >= 4 is 35.6 Å². The molecule has 3 aliphatic rings. The summed E-state index contributed by atoms with van der Waals surface area (Å²) >= 11 is 0. The molecule has 3 rings (SSSR count). The molecule has 7 N–H and O–H groups in total. The summed E-state index contributed by atoms with van der Waals surface area (Å²) in [5.41, 5.74) is 4.04. The molecule has 182 valence electrons. The first-order valence-electron chi connectivity index (χ1n) is 8.76. The first-order chi connectivity index (χ1) is 15.2. The summed E-state index contributed by atoms with van der Waals surface area (Å²) < 4.78 is 51.4. The second-order valence-electron chi connectivity index (χ2n) is 6.79. The first kappa shape index (κ1) is 25.9. The zero-order valence-electron chi connectivity index (χ0n) is 16.3. The lowest BCUT2D eigenvalue weighted by Crippen LogP contribution is -2.46. The van der Waals surface area contributed by atoms with E-state index >= 15 is 0 Å². The Labute approximate surface area is 185 Å². The molecule has 0 amide bonds. The molecule has 6 atom stereocenters. The number of hydrogen-bond donors (Lipinski definition) is 6. The summed E-state index contributed by atoms with van der Waals surface area (Å²) in [6, 6.07) is 0.974. The van der Waals surface area contributed by atoms with Crippen LogP contribution in [0, 0.1) is 11.3 Å². The molecule has 0 spiro atoms. The van der Waals surface area contributed by atoms with Gasteiger partial charge in [0.2, 0.25) is 5.60 Å². The topological polar surface area (TPSA) is 267 Å². The maximum Gasteiger partial charge on any atom is 0.490 e. The summed E-state index contributed by atoms with van der Waals surface area (Å²) in [6.07, 6.45) is 3.50. The van der Waals surface area contributed by atoms with E-state index in [4.69, 9.17) is 20.3 Å². The number of nitriles is 1. The highest BCUT2D eigenvalue weighted by atomic mass is 31.3. The van der Waals surface area contributed by atoms with Gasteiger partial charge in [0.25, 0.3) is 0 Å². The Morgan fingerprint density at radius 3 is 2.61 bits per heavy atom. The van der Waals surface area contributed by atoms with Crippen LogP contribution in [0.15, 0.2) is 34.0 Å². The van der Waals surface area contributed by atoms with E-state index in [1.165, 1.54) is 11.3 Å². The van der Waals surface area contributed by atoms with Crippen LogP contribution in [0.4, 0.5) is 0 Å². The van der Waals surface area contributed by atoms with Crippen molar-refractivity contribution in [2.24, 2.45) is 15.8 Å². The summed E-state index contributed by atoms with van der Waals surface area (Å²) in [7, 11) is -16.8. The second-order valence-corrected chi connectivity index (χ2v) is 11.2. The van der Waals surface area contributed by atoms with Gasteiger partial charge in [-0.3, -0.25) is 9.53 Å². The van der Waals surface area contributed by atoms with Gasteiger partial charge in [0.05, 0.1) is 12.1 Å². The summed E-state index contributed by atoms with van der Waals surface area (Å²) in [5.74, 6) is 0.164. The minimum atomic E-state index is -5.75. The van der Waals surface area contributed by atoms with E-state index in [9.17, 15) is 33.9 Å². The third-order valence-electron chi connectivity index (χ3n) is 4.51. The van der Waals surface area contributed by atoms with Gasteiger partial charge in [0, 0.05) is 6.42 Å². The van der Waals surface area contributed by atoms with Crippen LogP contribution in [-0.2, 0) is 31.6 Å². The van der Waals surface area contributed by atoms with E-state index in [1.807, 2.05) is 0 Å². The molecule has 17 nitrogen and oxygen atoms in total. The first-order valence-corrected chi connectivity index (χ1v) is 13.3. The molecule has 0 aliphatic carbocycles. The fourth-order valence-corrected chi connectivity index (χ4v) is 6.22. The number of nitrogens with zero attached hydrogens (tertiary/aromatic N) is 4. The lowest BCUT2D eigenvalue weighted by Gasteiger charge is -2.35. The van der Waals surface area contributed by atoms with E-state index in [1.54, 1.807) is 24.3 Å². The fourth-order valence-electron chi connectivity index (χ4n) is 3.17. The van der Waals surface area contributed by atoms with Crippen LogP contribution in [0.2, 0.25) is 0 Å². The molecule has 6 unspecified atom stereocenters. The van der Waals surface area contributed by atoms with Crippen LogP contribution in [0.25, 0.3) is 0 Å². The van der Waals surface area contributed by atoms with E-state index < -0.39 is 53.9 Å². The Morgan fingerprint density at radius 2 is 1.97 bits per heavy atom. The van der Waals surface area contributed by atoms with Crippen LogP contribution in [-0.4, -0.2) is 72.3 Å². The van der Waals surface area contributed by atoms with Gasteiger partial charge in [-0.15, -0.1) is 0 Å². The number of phosphoric ester groups is 1. The third-order valence-corrected chi connectivity index (χ3v) is 8.29. The monoisotopic (exact) mass is 529 g/mol. The van der Waals surface area contributed by atoms with Crippen LogP contribution in [0.3, 0.4) is 0 Å². The van der Waals surface area contributed by atoms with E-state index in [0.29, 0.717) is 5.70 Å². The Bertz CT molecular complexity index is 1110. The molecular weight excluding hydrogens is 511 g/mol. The van der Waals surface area contributed by atoms with Gasteiger partial charge in [-0.25, -0.2) is 18.7 Å². The van der Waals surface area contributed by atoms with Crippen LogP contribution >= 0.6 is 23.5 Å². The van der Waals surface area contributed by atoms with Crippen LogP contribution in [0.5, 0.6) is 0 Å². The highest BCUT2D eigenvalue weighted by Gasteiger charge is 2.54. The molecule has 0 radical (unpaired) electrons. The van der Waals surface area contributed by atoms with E-state index in [-0.39, 0.29) is 12.3 Å². The van der Waals surface area contributed by atoms with Crippen LogP contribution < -0.4 is 5.73 Å². The SMILES string of the molecule is N#CC1(COP(=O)(O)OP(=O)(O)OP(=O)(O)O)OC(C2C=CC=C3C(N)=NC=NN32)CC1O. The Hall–Kier alpha value is -1.76. The lowest BCUT2D eigenvalue weighted by molar-refractivity contribution is -0.0818. The lowest BCUT2D eigenvalue weighted by atomic mass is 9.96. The molecule has 0 saturated carbocycles. The molecule has 0 aromatic carbocycles. The molecule has 1 fully saturated rings. The van der Waals surface area contributed by atoms with Gasteiger partial charge in [0.15, 0.2) is 5.84 Å². The van der Waals surface area contributed by atoms with E-state index in [0.717, 1.165) is 0 Å². The van der Waals surface area contributed by atoms with Gasteiger partial charge in [-0.2, -0.15) is 19.0 Å². The number of ether oxygens (including phenoxy) is 1. The molecule has 1 saturated heterocycles. The number of aliphatic hydroxyl groups is 1. The minimum absolute atomic E-state index is 0.154. The average molecular weight is 529 g/mol. The van der Waals surface area contributed by atoms with E-state index in [2.05, 4.69) is 23.2 Å². The smallest absolute Gasteiger partial charge is 0.389 e. The summed E-state index contributed by atoms with van der Waals surface area (Å²) in [5, 5.41) is 25.6. The van der Waals surface area contributed by atoms with Gasteiger partial charge >= 0.3 is 23.5 Å². The second kappa shape index (κ2) is 9.12. The standard InChI is InChI=1S/C13H18N5O12P3/c14-5-13(6-27-32(23,24)30-33(25,26)29-31(20,21)22)11(19)4-10(28-13)8-2-1-3-9-12(15)16-7-17-18(8)9/h1-3,7-8,10-11,19H,4,6H2,(H,23,24)(H,25,26)(H2,15,16,17)(H2,20,21,22). The molecule has 0 bridgehead atoms. The molecule has 20 heteroatoms. The van der Waals surface area contributed by atoms with Crippen molar-refractivity contribution in [1.82, 2.24) is 5.01 Å². The fraction of sp³-hybridized carbons (Fsp3) is 0.462. The van der Waals surface area contributed by atoms with Crippen LogP contribution in [0.1, 0.15) is 6.42 Å². The summed E-state index contributed by atoms with van der Waals surface area (Å²) in [4.78, 5) is 39.8. The number of hydrazone groups is 1. The van der Waals surface area contributed by atoms with Gasteiger partial charge in [0.1, 0.15) is 30.8 Å². The number of phosphoric acid groups is 3. The van der Waals surface area contributed by atoms with Gasteiger partial charge < -0.3 is 35.2 Å². The summed E-state index contributed by atoms with van der Waals surface area (Å²) in [6.45, 7) is -1.13. The van der Waals surface area contributed by atoms with Crippen molar-refractivity contribution in [2.75, 3.05) is 6.61 Å². The van der Waals surface area contributed by atoms with Crippen molar-refractivity contribution in [2.45, 2.75) is 30.3 Å². The molecule has 0 aromatic heterocycles. The number of hydrogen-bond acceptors (Lipinski definition) is 13. The Kier molecular flexibility index (Phi) is 7.15. The number of aliphatic imine (C=N–C) groups is 1. The Balaban J connectivity index is 1.71. The maximum atomic E-state index is 12.0. The normalized spacial score (nSPS) is 32.8. The van der Waals surface area contributed by atoms with Gasteiger partial charge in [-0.05, 0) is 6.08 Å². The molecule has 3 aliphatic heterocycles. The van der Waals surface area contributed by atoms with Crippen molar-refractivity contribution < 1.29 is 56.3 Å². The number of allylic oxidation sites excluding steroid dienone is 2. The number of amidine groups is 1. The average Bonchev–Trinajstić information content (AvgIpc) is 3.00. The van der Waals surface area contributed by atoms with Crippen molar-refractivity contribution in [1.29, 1.82) is 5.26 Å². The number of fused-ring (bicyclic) bond motifs is 1. The predicted molar refractivity (Wildman–Crippen MR) is 107 cm³/mol. The highest BCUT2D eigenvalue weighted by Crippen LogP contribution is 2.66. The highest BCUT2D eigenvalue weighted by molar-refractivity contribution is 7.66. The Morgan fingerprint density at radius 1 is 1.27 bits per heavy atom. The molecular formula is C13H18N5O12P3. The third kappa shape index (κ3) is 6.03. The minimum Gasteiger partial charge on any atom is -0.389 e. The molecule has 3 heterocycles. The number of rotatable bonds is 8. The van der Waals surface area contributed by atoms with Crippen molar-refractivity contribution in [3.8, 4) is 6.07 Å². The predicted octanol–water partition coefficient (Wildman–Crippen LogP) is -0.820. The maximum absolute atomic E-state index is 12.0. The molecule has 0 aromatic rings. The van der Waals surface area contributed by atoms with Crippen molar-refractivity contribution in [3.05, 3.63) is 23.9 Å².